The average Bonchev–Trinajstić information content (AvgIpc) is 3.10. The average molecular weight is 389 g/mol. The van der Waals surface area contributed by atoms with Crippen molar-refractivity contribution >= 4 is 17.6 Å². The minimum Gasteiger partial charge on any atom is -0.481 e. The van der Waals surface area contributed by atoms with E-state index in [0.29, 0.717) is 23.7 Å². The highest BCUT2D eigenvalue weighted by Gasteiger charge is 2.26. The van der Waals surface area contributed by atoms with Crippen molar-refractivity contribution in [2.75, 3.05) is 51.4 Å². The van der Waals surface area contributed by atoms with Crippen molar-refractivity contribution in [3.8, 4) is 11.5 Å². The second-order valence-corrected chi connectivity index (χ2v) is 7.39. The number of fused-ring (bicyclic) bond motifs is 1. The number of benzene rings is 1. The lowest BCUT2D eigenvalue weighted by molar-refractivity contribution is -0.144. The summed E-state index contributed by atoms with van der Waals surface area (Å²) in [7, 11) is 0. The third kappa shape index (κ3) is 5.46. The number of carboxylic acids is 1. The first-order chi connectivity index (χ1) is 13.4. The van der Waals surface area contributed by atoms with Gasteiger partial charge in [-0.1, -0.05) is 12.2 Å². The number of amides is 1. The van der Waals surface area contributed by atoms with Crippen LogP contribution in [0.25, 0.3) is 0 Å². The van der Waals surface area contributed by atoms with E-state index in [1.165, 1.54) is 0 Å². The Hall–Kier alpha value is -2.58. The number of rotatable bonds is 8. The third-order valence-corrected chi connectivity index (χ3v) is 4.87. The van der Waals surface area contributed by atoms with E-state index in [0.717, 1.165) is 38.3 Å². The maximum absolute atomic E-state index is 12.4. The van der Waals surface area contributed by atoms with Crippen LogP contribution in [0.5, 0.6) is 11.5 Å². The standard InChI is InChI=1S/C20H27N3O5/c1-14(2)11-22-5-7-23(8-6-22)12-15(20(25)26)9-19(24)21-16-3-4-17-18(10-16)28-13-27-17/h3-4,10,15H,1,5-9,11-13H2,2H3,(H,21,24)(H,25,26)/t15-/m0/s1. The van der Waals surface area contributed by atoms with Gasteiger partial charge in [-0.05, 0) is 19.1 Å². The van der Waals surface area contributed by atoms with Crippen LogP contribution in [0, 0.1) is 5.92 Å². The number of nitrogens with one attached hydrogen (secondary N) is 1. The Kier molecular flexibility index (Phi) is 6.53. The first kappa shape index (κ1) is 20.2. The summed E-state index contributed by atoms with van der Waals surface area (Å²) in [5, 5.41) is 12.3. The van der Waals surface area contributed by atoms with Crippen molar-refractivity contribution in [2.45, 2.75) is 13.3 Å². The number of carbonyl (C=O) groups is 2. The zero-order valence-corrected chi connectivity index (χ0v) is 16.1. The van der Waals surface area contributed by atoms with E-state index < -0.39 is 11.9 Å². The number of anilines is 1. The fraction of sp³-hybridized carbons (Fsp3) is 0.500. The monoisotopic (exact) mass is 389 g/mol. The second-order valence-electron chi connectivity index (χ2n) is 7.39. The first-order valence-corrected chi connectivity index (χ1v) is 9.42. The van der Waals surface area contributed by atoms with E-state index in [2.05, 4.69) is 21.7 Å². The molecule has 2 N–H and O–H groups in total. The Bertz CT molecular complexity index is 743. The van der Waals surface area contributed by atoms with Gasteiger partial charge in [-0.25, -0.2) is 0 Å². The first-order valence-electron chi connectivity index (χ1n) is 9.42. The van der Waals surface area contributed by atoms with Crippen LogP contribution in [-0.2, 0) is 9.59 Å². The minimum absolute atomic E-state index is 0.0737. The molecule has 1 aromatic carbocycles. The number of carboxylic acid groups (broad SMARTS) is 1. The number of piperazine rings is 1. The molecule has 2 aliphatic rings. The molecule has 28 heavy (non-hydrogen) atoms. The molecule has 1 aromatic rings. The Labute approximate surface area is 164 Å². The van der Waals surface area contributed by atoms with Crippen LogP contribution in [0.3, 0.4) is 0 Å². The van der Waals surface area contributed by atoms with Crippen LogP contribution in [0.2, 0.25) is 0 Å². The van der Waals surface area contributed by atoms with Gasteiger partial charge in [0.25, 0.3) is 0 Å². The highest BCUT2D eigenvalue weighted by atomic mass is 16.7. The van der Waals surface area contributed by atoms with Gasteiger partial charge in [0.2, 0.25) is 12.7 Å². The smallest absolute Gasteiger partial charge is 0.308 e. The molecule has 1 atom stereocenters. The molecule has 152 valence electrons. The molecule has 0 aromatic heterocycles. The van der Waals surface area contributed by atoms with E-state index in [4.69, 9.17) is 9.47 Å². The van der Waals surface area contributed by atoms with E-state index in [9.17, 15) is 14.7 Å². The molecule has 1 amide bonds. The summed E-state index contributed by atoms with van der Waals surface area (Å²) in [5.74, 6) is -0.827. The zero-order valence-electron chi connectivity index (χ0n) is 16.1. The summed E-state index contributed by atoms with van der Waals surface area (Å²) >= 11 is 0. The second kappa shape index (κ2) is 9.07. The van der Waals surface area contributed by atoms with Gasteiger partial charge < -0.3 is 19.9 Å². The van der Waals surface area contributed by atoms with Crippen molar-refractivity contribution in [3.63, 3.8) is 0 Å². The van der Waals surface area contributed by atoms with Gasteiger partial charge in [-0.3, -0.25) is 19.4 Å². The lowest BCUT2D eigenvalue weighted by Gasteiger charge is -2.35. The number of hydrogen-bond acceptors (Lipinski definition) is 6. The molecule has 2 aliphatic heterocycles. The minimum atomic E-state index is -0.954. The Balaban J connectivity index is 1.50. The Morgan fingerprint density at radius 3 is 2.54 bits per heavy atom. The molecule has 2 heterocycles. The van der Waals surface area contributed by atoms with E-state index >= 15 is 0 Å². The summed E-state index contributed by atoms with van der Waals surface area (Å²) in [6.07, 6.45) is -0.0737. The van der Waals surface area contributed by atoms with E-state index in [1.54, 1.807) is 18.2 Å². The molecule has 8 heteroatoms. The maximum Gasteiger partial charge on any atom is 0.308 e. The van der Waals surface area contributed by atoms with Gasteiger partial charge in [-0.15, -0.1) is 0 Å². The SMILES string of the molecule is C=C(C)CN1CCN(C[C@H](CC(=O)Nc2ccc3c(c2)OCO3)C(=O)O)CC1. The summed E-state index contributed by atoms with van der Waals surface area (Å²) in [6, 6.07) is 5.11. The van der Waals surface area contributed by atoms with Gasteiger partial charge in [-0.2, -0.15) is 0 Å². The van der Waals surface area contributed by atoms with Gasteiger partial charge >= 0.3 is 5.97 Å². The number of hydrogen-bond donors (Lipinski definition) is 2. The molecule has 0 spiro atoms. The molecule has 0 aliphatic carbocycles. The molecule has 0 unspecified atom stereocenters. The maximum atomic E-state index is 12.4. The molecule has 1 fully saturated rings. The number of nitrogens with zero attached hydrogens (tertiary/aromatic N) is 2. The Morgan fingerprint density at radius 1 is 1.18 bits per heavy atom. The molecule has 0 radical (unpaired) electrons. The number of carbonyl (C=O) groups excluding carboxylic acids is 1. The number of ether oxygens (including phenoxy) is 2. The molecular formula is C20H27N3O5. The summed E-state index contributed by atoms with van der Waals surface area (Å²) in [5.41, 5.74) is 1.68. The van der Waals surface area contributed by atoms with Crippen LogP contribution in [0.15, 0.2) is 30.4 Å². The van der Waals surface area contributed by atoms with Crippen molar-refractivity contribution in [1.82, 2.24) is 9.80 Å². The molecule has 0 bridgehead atoms. The van der Waals surface area contributed by atoms with Crippen LogP contribution in [0.1, 0.15) is 13.3 Å². The quantitative estimate of drug-likeness (QED) is 0.653. The molecule has 3 rings (SSSR count). The van der Waals surface area contributed by atoms with Crippen molar-refractivity contribution in [2.24, 2.45) is 5.92 Å². The molecule has 0 saturated carbocycles. The predicted octanol–water partition coefficient (Wildman–Crippen LogP) is 1.64. The van der Waals surface area contributed by atoms with Gasteiger partial charge in [0.05, 0.1) is 5.92 Å². The van der Waals surface area contributed by atoms with Gasteiger partial charge in [0.15, 0.2) is 11.5 Å². The van der Waals surface area contributed by atoms with E-state index in [1.807, 2.05) is 6.92 Å². The molecule has 1 saturated heterocycles. The lowest BCUT2D eigenvalue weighted by Crippen LogP contribution is -2.49. The van der Waals surface area contributed by atoms with Crippen LogP contribution in [0.4, 0.5) is 5.69 Å². The van der Waals surface area contributed by atoms with Crippen molar-refractivity contribution < 1.29 is 24.2 Å². The lowest BCUT2D eigenvalue weighted by atomic mass is 10.0. The van der Waals surface area contributed by atoms with Crippen LogP contribution >= 0.6 is 0 Å². The number of aliphatic carboxylic acids is 1. The summed E-state index contributed by atoms with van der Waals surface area (Å²) in [6.45, 7) is 10.7. The third-order valence-electron chi connectivity index (χ3n) is 4.87. The van der Waals surface area contributed by atoms with Gasteiger partial charge in [0.1, 0.15) is 0 Å². The highest BCUT2D eigenvalue weighted by molar-refractivity contribution is 5.93. The fourth-order valence-corrected chi connectivity index (χ4v) is 3.46. The largest absolute Gasteiger partial charge is 0.481 e. The Morgan fingerprint density at radius 2 is 1.86 bits per heavy atom. The topological polar surface area (TPSA) is 91.3 Å². The van der Waals surface area contributed by atoms with Crippen molar-refractivity contribution in [1.29, 1.82) is 0 Å². The molecule has 8 nitrogen and oxygen atoms in total. The molecular weight excluding hydrogens is 362 g/mol. The fourth-order valence-electron chi connectivity index (χ4n) is 3.46. The van der Waals surface area contributed by atoms with Crippen LogP contribution < -0.4 is 14.8 Å². The normalized spacial score (nSPS) is 17.9. The summed E-state index contributed by atoms with van der Waals surface area (Å²) < 4.78 is 10.5. The van der Waals surface area contributed by atoms with E-state index in [-0.39, 0.29) is 19.1 Å². The van der Waals surface area contributed by atoms with Gasteiger partial charge in [0, 0.05) is 57.4 Å². The van der Waals surface area contributed by atoms with Crippen molar-refractivity contribution in [3.05, 3.63) is 30.4 Å². The highest BCUT2D eigenvalue weighted by Crippen LogP contribution is 2.34. The summed E-state index contributed by atoms with van der Waals surface area (Å²) in [4.78, 5) is 28.4. The predicted molar refractivity (Wildman–Crippen MR) is 105 cm³/mol. The van der Waals surface area contributed by atoms with Crippen LogP contribution in [-0.4, -0.2) is 72.8 Å². The zero-order chi connectivity index (χ0) is 20.1.